The first-order valence-corrected chi connectivity index (χ1v) is 11.6. The highest BCUT2D eigenvalue weighted by atomic mass is 16.5. The van der Waals surface area contributed by atoms with Gasteiger partial charge in [0.25, 0.3) is 0 Å². The lowest BCUT2D eigenvalue weighted by molar-refractivity contribution is -0.119. The summed E-state index contributed by atoms with van der Waals surface area (Å²) < 4.78 is 5.55. The molecule has 1 atom stereocenters. The molecule has 2 amide bonds. The van der Waals surface area contributed by atoms with Crippen LogP contribution < -0.4 is 10.6 Å². The number of carboxylic acid groups (broad SMARTS) is 1. The third-order valence-corrected chi connectivity index (χ3v) is 6.42. The van der Waals surface area contributed by atoms with Gasteiger partial charge < -0.3 is 20.5 Å². The van der Waals surface area contributed by atoms with E-state index in [1.807, 2.05) is 31.2 Å². The summed E-state index contributed by atoms with van der Waals surface area (Å²) >= 11 is 0. The average molecular weight is 473 g/mol. The maximum Gasteiger partial charge on any atom is 0.407 e. The fourth-order valence-electron chi connectivity index (χ4n) is 4.50. The standard InChI is InChI=1S/C28H28N2O5/c1-3-18(26(31)30-19-12-13-20(27(32)33)17(2)14-19)15-29-28(34)35-16-25-23-10-6-4-8-21(23)22-9-5-7-11-24(22)25/h4-14,18,25H,3,15-16H2,1-2H3,(H,29,34)(H,30,31)(H,32,33). The van der Waals surface area contributed by atoms with Crippen LogP contribution in [0.5, 0.6) is 0 Å². The first-order valence-electron chi connectivity index (χ1n) is 11.6. The van der Waals surface area contributed by atoms with E-state index in [-0.39, 0.29) is 30.5 Å². The molecule has 3 N–H and O–H groups in total. The van der Waals surface area contributed by atoms with E-state index in [4.69, 9.17) is 9.84 Å². The van der Waals surface area contributed by atoms with E-state index >= 15 is 0 Å². The van der Waals surface area contributed by atoms with Crippen molar-refractivity contribution in [2.24, 2.45) is 5.92 Å². The Kier molecular flexibility index (Phi) is 7.15. The van der Waals surface area contributed by atoms with Gasteiger partial charge in [-0.25, -0.2) is 9.59 Å². The molecular formula is C28H28N2O5. The Morgan fingerprint density at radius 2 is 1.60 bits per heavy atom. The highest BCUT2D eigenvalue weighted by Gasteiger charge is 2.29. The molecule has 7 heteroatoms. The van der Waals surface area contributed by atoms with Gasteiger partial charge in [0.2, 0.25) is 5.91 Å². The van der Waals surface area contributed by atoms with Gasteiger partial charge in [0.05, 0.1) is 11.5 Å². The van der Waals surface area contributed by atoms with Crippen molar-refractivity contribution in [1.82, 2.24) is 5.32 Å². The molecule has 0 bridgehead atoms. The Morgan fingerprint density at radius 1 is 0.971 bits per heavy atom. The molecule has 4 rings (SSSR count). The Balaban J connectivity index is 1.32. The Labute approximate surface area is 204 Å². The van der Waals surface area contributed by atoms with Gasteiger partial charge in [-0.1, -0.05) is 55.5 Å². The zero-order chi connectivity index (χ0) is 24.9. The molecule has 7 nitrogen and oxygen atoms in total. The van der Waals surface area contributed by atoms with Crippen molar-refractivity contribution >= 4 is 23.7 Å². The van der Waals surface area contributed by atoms with Gasteiger partial charge in [-0.2, -0.15) is 0 Å². The maximum atomic E-state index is 12.7. The van der Waals surface area contributed by atoms with Crippen molar-refractivity contribution in [2.45, 2.75) is 26.2 Å². The van der Waals surface area contributed by atoms with Crippen molar-refractivity contribution in [3.8, 4) is 11.1 Å². The summed E-state index contributed by atoms with van der Waals surface area (Å²) in [6, 6.07) is 20.9. The maximum absolute atomic E-state index is 12.7. The molecular weight excluding hydrogens is 444 g/mol. The number of anilines is 1. The first-order chi connectivity index (χ1) is 16.9. The van der Waals surface area contributed by atoms with E-state index < -0.39 is 18.0 Å². The molecule has 0 aliphatic heterocycles. The predicted molar refractivity (Wildman–Crippen MR) is 134 cm³/mol. The first kappa shape index (κ1) is 24.0. The molecule has 0 spiro atoms. The number of amides is 2. The van der Waals surface area contributed by atoms with Crippen molar-refractivity contribution in [3.63, 3.8) is 0 Å². The van der Waals surface area contributed by atoms with E-state index in [1.165, 1.54) is 6.07 Å². The number of carboxylic acids is 1. The molecule has 35 heavy (non-hydrogen) atoms. The van der Waals surface area contributed by atoms with Gasteiger partial charge in [-0.05, 0) is 59.4 Å². The van der Waals surface area contributed by atoms with Gasteiger partial charge in [-0.3, -0.25) is 4.79 Å². The number of nitrogens with one attached hydrogen (secondary N) is 2. The zero-order valence-corrected chi connectivity index (χ0v) is 19.7. The number of hydrogen-bond donors (Lipinski definition) is 3. The summed E-state index contributed by atoms with van der Waals surface area (Å²) in [5, 5.41) is 14.7. The fraction of sp³-hybridized carbons (Fsp3) is 0.250. The number of carbonyl (C=O) groups is 3. The summed E-state index contributed by atoms with van der Waals surface area (Å²) in [6.45, 7) is 3.88. The van der Waals surface area contributed by atoms with Crippen LogP contribution in [0.2, 0.25) is 0 Å². The third kappa shape index (κ3) is 5.19. The SMILES string of the molecule is CCC(CNC(=O)OCC1c2ccccc2-c2ccccc21)C(=O)Nc1ccc(C(=O)O)c(C)c1. The number of benzene rings is 3. The molecule has 0 fully saturated rings. The lowest BCUT2D eigenvalue weighted by atomic mass is 9.98. The number of fused-ring (bicyclic) bond motifs is 3. The Morgan fingerprint density at radius 3 is 2.17 bits per heavy atom. The third-order valence-electron chi connectivity index (χ3n) is 6.42. The largest absolute Gasteiger partial charge is 0.478 e. The van der Waals surface area contributed by atoms with Crippen LogP contribution in [0.25, 0.3) is 11.1 Å². The van der Waals surface area contributed by atoms with Crippen LogP contribution in [0, 0.1) is 12.8 Å². The van der Waals surface area contributed by atoms with Crippen LogP contribution in [0.4, 0.5) is 10.5 Å². The molecule has 1 aliphatic carbocycles. The summed E-state index contributed by atoms with van der Waals surface area (Å²) in [7, 11) is 0. The average Bonchev–Trinajstić information content (AvgIpc) is 3.16. The number of aryl methyl sites for hydroxylation is 1. The number of aromatic carboxylic acids is 1. The monoisotopic (exact) mass is 472 g/mol. The van der Waals surface area contributed by atoms with Crippen molar-refractivity contribution in [2.75, 3.05) is 18.5 Å². The lowest BCUT2D eigenvalue weighted by Crippen LogP contribution is -2.36. The molecule has 3 aromatic carbocycles. The molecule has 0 radical (unpaired) electrons. The van der Waals surface area contributed by atoms with Crippen molar-refractivity contribution in [3.05, 3.63) is 89.0 Å². The quantitative estimate of drug-likeness (QED) is 0.418. The van der Waals surface area contributed by atoms with E-state index in [2.05, 4.69) is 34.9 Å². The molecule has 0 aromatic heterocycles. The topological polar surface area (TPSA) is 105 Å². The summed E-state index contributed by atoms with van der Waals surface area (Å²) in [6.07, 6.45) is -0.0541. The summed E-state index contributed by atoms with van der Waals surface area (Å²) in [4.78, 5) is 36.3. The van der Waals surface area contributed by atoms with Crippen LogP contribution >= 0.6 is 0 Å². The molecule has 0 heterocycles. The zero-order valence-electron chi connectivity index (χ0n) is 19.7. The lowest BCUT2D eigenvalue weighted by Gasteiger charge is -2.18. The minimum Gasteiger partial charge on any atom is -0.478 e. The number of rotatable bonds is 8. The normalized spacial score (nSPS) is 12.9. The van der Waals surface area contributed by atoms with E-state index in [0.29, 0.717) is 17.7 Å². The van der Waals surface area contributed by atoms with Crippen molar-refractivity contribution < 1.29 is 24.2 Å². The second-order valence-electron chi connectivity index (χ2n) is 8.64. The smallest absolute Gasteiger partial charge is 0.407 e. The predicted octanol–water partition coefficient (Wildman–Crippen LogP) is 5.20. The molecule has 0 saturated heterocycles. The molecule has 1 unspecified atom stereocenters. The van der Waals surface area contributed by atoms with Gasteiger partial charge in [0.1, 0.15) is 6.61 Å². The minimum absolute atomic E-state index is 0.0320. The van der Waals surface area contributed by atoms with E-state index in [0.717, 1.165) is 22.3 Å². The minimum atomic E-state index is -1.01. The number of alkyl carbamates (subject to hydrolysis) is 1. The van der Waals surface area contributed by atoms with Crippen LogP contribution in [0.1, 0.15) is 46.3 Å². The van der Waals surface area contributed by atoms with Gasteiger partial charge >= 0.3 is 12.1 Å². The van der Waals surface area contributed by atoms with Gasteiger partial charge in [-0.15, -0.1) is 0 Å². The highest BCUT2D eigenvalue weighted by molar-refractivity contribution is 5.94. The number of hydrogen-bond acceptors (Lipinski definition) is 4. The van der Waals surface area contributed by atoms with Crippen molar-refractivity contribution in [1.29, 1.82) is 0 Å². The number of ether oxygens (including phenoxy) is 1. The second-order valence-corrected chi connectivity index (χ2v) is 8.64. The Hall–Kier alpha value is -4.13. The van der Waals surface area contributed by atoms with Crippen LogP contribution in [-0.2, 0) is 9.53 Å². The fourth-order valence-corrected chi connectivity index (χ4v) is 4.50. The molecule has 3 aromatic rings. The van der Waals surface area contributed by atoms with E-state index in [9.17, 15) is 14.4 Å². The molecule has 1 aliphatic rings. The molecule has 0 saturated carbocycles. The van der Waals surface area contributed by atoms with Crippen LogP contribution in [0.3, 0.4) is 0 Å². The highest BCUT2D eigenvalue weighted by Crippen LogP contribution is 2.44. The Bertz CT molecular complexity index is 1220. The van der Waals surface area contributed by atoms with Crippen LogP contribution in [-0.4, -0.2) is 36.2 Å². The molecule has 180 valence electrons. The second kappa shape index (κ2) is 10.4. The van der Waals surface area contributed by atoms with E-state index in [1.54, 1.807) is 19.1 Å². The summed E-state index contributed by atoms with van der Waals surface area (Å²) in [5.74, 6) is -1.77. The summed E-state index contributed by atoms with van der Waals surface area (Å²) in [5.41, 5.74) is 5.84. The van der Waals surface area contributed by atoms with Gasteiger partial charge in [0, 0.05) is 18.2 Å². The van der Waals surface area contributed by atoms with Crippen LogP contribution in [0.15, 0.2) is 66.7 Å². The van der Waals surface area contributed by atoms with Gasteiger partial charge in [0.15, 0.2) is 0 Å². The number of carbonyl (C=O) groups excluding carboxylic acids is 2.